The first-order valence-electron chi connectivity index (χ1n) is 11.4. The highest BCUT2D eigenvalue weighted by Gasteiger charge is 2.29. The molecule has 9 nitrogen and oxygen atoms in total. The molecule has 1 saturated heterocycles. The smallest absolute Gasteiger partial charge is 0.243 e. The fourth-order valence-corrected chi connectivity index (χ4v) is 5.50. The second-order valence-corrected chi connectivity index (χ2v) is 10.0. The minimum absolute atomic E-state index is 0.331. The van der Waals surface area contributed by atoms with E-state index in [1.165, 1.54) is 4.31 Å². The number of rotatable bonds is 8. The summed E-state index contributed by atoms with van der Waals surface area (Å²) in [6.07, 6.45) is 0.873. The van der Waals surface area contributed by atoms with Crippen molar-refractivity contribution in [1.82, 2.24) is 14.5 Å². The first-order chi connectivity index (χ1) is 16.9. The van der Waals surface area contributed by atoms with Crippen molar-refractivity contribution >= 4 is 15.8 Å². The van der Waals surface area contributed by atoms with Crippen molar-refractivity contribution in [3.05, 3.63) is 54.1 Å². The molecule has 4 rings (SSSR count). The minimum atomic E-state index is -3.52. The van der Waals surface area contributed by atoms with E-state index >= 15 is 0 Å². The lowest BCUT2D eigenvalue weighted by molar-refractivity contribution is 0.324. The van der Waals surface area contributed by atoms with Crippen LogP contribution in [0.4, 0.5) is 5.82 Å². The van der Waals surface area contributed by atoms with Crippen LogP contribution in [0.5, 0.6) is 17.2 Å². The van der Waals surface area contributed by atoms with Crippen molar-refractivity contribution < 1.29 is 22.6 Å². The average Bonchev–Trinajstić information content (AvgIpc) is 2.92. The molecule has 1 fully saturated rings. The number of hydrogen-bond acceptors (Lipinski definition) is 8. The van der Waals surface area contributed by atoms with Crippen LogP contribution in [0.25, 0.3) is 11.3 Å². The molecule has 0 saturated carbocycles. The third-order valence-corrected chi connectivity index (χ3v) is 8.06. The van der Waals surface area contributed by atoms with Crippen molar-refractivity contribution in [3.8, 4) is 28.5 Å². The van der Waals surface area contributed by atoms with E-state index in [-0.39, 0.29) is 0 Å². The lowest BCUT2D eigenvalue weighted by Gasteiger charge is -2.34. The van der Waals surface area contributed by atoms with Crippen LogP contribution in [0.3, 0.4) is 0 Å². The van der Waals surface area contributed by atoms with Gasteiger partial charge in [-0.2, -0.15) is 4.31 Å². The van der Waals surface area contributed by atoms with E-state index in [0.29, 0.717) is 59.8 Å². The molecule has 3 aromatic rings. The largest absolute Gasteiger partial charge is 0.493 e. The van der Waals surface area contributed by atoms with Gasteiger partial charge in [-0.05, 0) is 48.4 Å². The van der Waals surface area contributed by atoms with E-state index in [1.54, 1.807) is 33.5 Å². The number of aryl methyl sites for hydroxylation is 1. The van der Waals surface area contributed by atoms with E-state index in [4.69, 9.17) is 14.2 Å². The number of methoxy groups -OCH3 is 3. The van der Waals surface area contributed by atoms with Crippen LogP contribution in [-0.4, -0.2) is 70.4 Å². The monoisotopic (exact) mass is 498 g/mol. The summed E-state index contributed by atoms with van der Waals surface area (Å²) in [4.78, 5) is 2.37. The van der Waals surface area contributed by atoms with E-state index in [9.17, 15) is 8.42 Å². The Bertz CT molecular complexity index is 1230. The van der Waals surface area contributed by atoms with Gasteiger partial charge in [0.15, 0.2) is 17.3 Å². The Labute approximate surface area is 206 Å². The highest BCUT2D eigenvalue weighted by Crippen LogP contribution is 2.40. The highest BCUT2D eigenvalue weighted by molar-refractivity contribution is 7.89. The Morgan fingerprint density at radius 1 is 0.829 bits per heavy atom. The standard InChI is InChI=1S/C25H30N4O5S/c1-5-18-6-8-20(9-7-18)35(30,31)29-14-12-28(13-15-29)24-11-10-21(26-27-24)19-16-22(32-2)25(34-4)23(17-19)33-3/h6-11,16-17H,5,12-15H2,1-4H3. The summed E-state index contributed by atoms with van der Waals surface area (Å²) in [5, 5.41) is 8.78. The molecule has 35 heavy (non-hydrogen) atoms. The van der Waals surface area contributed by atoms with Crippen molar-refractivity contribution in [3.63, 3.8) is 0 Å². The number of ether oxygens (including phenoxy) is 3. The van der Waals surface area contributed by atoms with E-state index in [1.807, 2.05) is 48.2 Å². The molecule has 0 N–H and O–H groups in total. The molecule has 10 heteroatoms. The molecule has 0 bridgehead atoms. The second kappa shape index (κ2) is 10.5. The third kappa shape index (κ3) is 5.03. The van der Waals surface area contributed by atoms with Crippen LogP contribution in [0.15, 0.2) is 53.4 Å². The maximum Gasteiger partial charge on any atom is 0.243 e. The van der Waals surface area contributed by atoms with Crippen LogP contribution in [0.2, 0.25) is 0 Å². The van der Waals surface area contributed by atoms with Crippen LogP contribution < -0.4 is 19.1 Å². The molecule has 1 aromatic heterocycles. The zero-order chi connectivity index (χ0) is 25.0. The zero-order valence-electron chi connectivity index (χ0n) is 20.4. The molecule has 0 spiro atoms. The van der Waals surface area contributed by atoms with Gasteiger partial charge >= 0.3 is 0 Å². The number of aromatic nitrogens is 2. The number of piperazine rings is 1. The van der Waals surface area contributed by atoms with Crippen molar-refractivity contribution in [1.29, 1.82) is 0 Å². The van der Waals surface area contributed by atoms with Crippen LogP contribution in [-0.2, 0) is 16.4 Å². The molecule has 2 aromatic carbocycles. The van der Waals surface area contributed by atoms with Gasteiger partial charge in [-0.15, -0.1) is 10.2 Å². The molecule has 0 amide bonds. The van der Waals surface area contributed by atoms with Crippen molar-refractivity contribution in [2.75, 3.05) is 52.4 Å². The number of hydrogen-bond donors (Lipinski definition) is 0. The summed E-state index contributed by atoms with van der Waals surface area (Å²) >= 11 is 0. The van der Waals surface area contributed by atoms with Crippen LogP contribution in [0, 0.1) is 0 Å². The van der Waals surface area contributed by atoms with Crippen molar-refractivity contribution in [2.45, 2.75) is 18.2 Å². The lowest BCUT2D eigenvalue weighted by atomic mass is 10.1. The molecule has 2 heterocycles. The topological polar surface area (TPSA) is 94.1 Å². The van der Waals surface area contributed by atoms with Crippen LogP contribution in [0.1, 0.15) is 12.5 Å². The summed E-state index contributed by atoms with van der Waals surface area (Å²) in [6, 6.07) is 14.5. The van der Waals surface area contributed by atoms with Gasteiger partial charge in [0.05, 0.1) is 31.9 Å². The number of anilines is 1. The number of sulfonamides is 1. The molecular formula is C25H30N4O5S. The van der Waals surface area contributed by atoms with E-state index in [2.05, 4.69) is 10.2 Å². The Kier molecular flexibility index (Phi) is 7.42. The molecule has 1 aliphatic heterocycles. The molecule has 0 aliphatic carbocycles. The van der Waals surface area contributed by atoms with Gasteiger partial charge in [0.25, 0.3) is 0 Å². The molecule has 0 radical (unpaired) electrons. The third-order valence-electron chi connectivity index (χ3n) is 6.14. The van der Waals surface area contributed by atoms with Gasteiger partial charge in [0, 0.05) is 31.7 Å². The summed E-state index contributed by atoms with van der Waals surface area (Å²) in [5.74, 6) is 2.28. The van der Waals surface area contributed by atoms with Crippen LogP contribution >= 0.6 is 0 Å². The Hall–Kier alpha value is -3.37. The number of nitrogens with zero attached hydrogens (tertiary/aromatic N) is 4. The normalized spacial score (nSPS) is 14.6. The van der Waals surface area contributed by atoms with Gasteiger partial charge in [-0.3, -0.25) is 0 Å². The molecular weight excluding hydrogens is 468 g/mol. The fraction of sp³-hybridized carbons (Fsp3) is 0.360. The Morgan fingerprint density at radius 2 is 1.46 bits per heavy atom. The summed E-state index contributed by atoms with van der Waals surface area (Å²) in [5.41, 5.74) is 2.55. The Balaban J connectivity index is 1.46. The predicted molar refractivity (Wildman–Crippen MR) is 134 cm³/mol. The van der Waals surface area contributed by atoms with Gasteiger partial charge in [-0.25, -0.2) is 8.42 Å². The highest BCUT2D eigenvalue weighted by atomic mass is 32.2. The van der Waals surface area contributed by atoms with Crippen molar-refractivity contribution in [2.24, 2.45) is 0 Å². The molecule has 1 aliphatic rings. The first-order valence-corrected chi connectivity index (χ1v) is 12.8. The van der Waals surface area contributed by atoms with Gasteiger partial charge in [0.2, 0.25) is 15.8 Å². The maximum atomic E-state index is 13.0. The molecule has 0 atom stereocenters. The predicted octanol–water partition coefficient (Wildman–Crippen LogP) is 3.24. The quantitative estimate of drug-likeness (QED) is 0.467. The first kappa shape index (κ1) is 24.7. The SMILES string of the molecule is CCc1ccc(S(=O)(=O)N2CCN(c3ccc(-c4cc(OC)c(OC)c(OC)c4)nn3)CC2)cc1. The van der Waals surface area contributed by atoms with E-state index < -0.39 is 10.0 Å². The summed E-state index contributed by atoms with van der Waals surface area (Å²) < 4.78 is 43.8. The second-order valence-electron chi connectivity index (χ2n) is 8.08. The fourth-order valence-electron chi connectivity index (χ4n) is 4.08. The Morgan fingerprint density at radius 3 is 1.94 bits per heavy atom. The van der Waals surface area contributed by atoms with Gasteiger partial charge < -0.3 is 19.1 Å². The minimum Gasteiger partial charge on any atom is -0.493 e. The van der Waals surface area contributed by atoms with Gasteiger partial charge in [-0.1, -0.05) is 19.1 Å². The summed E-state index contributed by atoms with van der Waals surface area (Å²) in [6.45, 7) is 3.88. The lowest BCUT2D eigenvalue weighted by Crippen LogP contribution is -2.49. The van der Waals surface area contributed by atoms with E-state index in [0.717, 1.165) is 17.5 Å². The molecule has 186 valence electrons. The average molecular weight is 499 g/mol. The summed E-state index contributed by atoms with van der Waals surface area (Å²) in [7, 11) is 1.17. The van der Waals surface area contributed by atoms with Gasteiger partial charge in [0.1, 0.15) is 0 Å². The number of benzene rings is 2. The molecule has 0 unspecified atom stereocenters. The zero-order valence-corrected chi connectivity index (χ0v) is 21.2. The maximum absolute atomic E-state index is 13.0.